The molecule has 0 radical (unpaired) electrons. The maximum Gasteiger partial charge on any atom is 0.416 e. The average molecular weight is 418 g/mol. The first-order valence-corrected chi connectivity index (χ1v) is 11.2. The van der Waals surface area contributed by atoms with Gasteiger partial charge in [-0.3, -0.25) is 4.79 Å². The van der Waals surface area contributed by atoms with Crippen LogP contribution in [0.3, 0.4) is 0 Å². The SMILES string of the molecule is CCS(=O)(=O)N1CCCC(C(=O)N[C@H](c2cccc(C(F)(F)F)c2)C2CC2)C1. The van der Waals surface area contributed by atoms with Crippen molar-refractivity contribution in [1.82, 2.24) is 9.62 Å². The fourth-order valence-electron chi connectivity index (χ4n) is 3.67. The molecule has 1 aromatic carbocycles. The third kappa shape index (κ3) is 4.86. The zero-order valence-electron chi connectivity index (χ0n) is 15.7. The van der Waals surface area contributed by atoms with E-state index in [9.17, 15) is 26.4 Å². The number of benzene rings is 1. The van der Waals surface area contributed by atoms with E-state index in [4.69, 9.17) is 0 Å². The van der Waals surface area contributed by atoms with Crippen molar-refractivity contribution >= 4 is 15.9 Å². The van der Waals surface area contributed by atoms with Crippen molar-refractivity contribution < 1.29 is 26.4 Å². The molecule has 1 heterocycles. The standard InChI is InChI=1S/C19H25F3N2O3S/c1-2-28(26,27)24-10-4-6-15(12-24)18(25)23-17(13-8-9-13)14-5-3-7-16(11-14)19(20,21)22/h3,5,7,11,13,15,17H,2,4,6,8-10,12H2,1H3,(H,23,25)/t15?,17-/m0/s1. The van der Waals surface area contributed by atoms with Gasteiger partial charge < -0.3 is 5.32 Å². The van der Waals surface area contributed by atoms with Gasteiger partial charge in [-0.2, -0.15) is 13.2 Å². The molecular weight excluding hydrogens is 393 g/mol. The Morgan fingerprint density at radius 2 is 2.00 bits per heavy atom. The van der Waals surface area contributed by atoms with Crippen LogP contribution in [-0.4, -0.2) is 37.5 Å². The van der Waals surface area contributed by atoms with Crippen LogP contribution in [-0.2, 0) is 21.0 Å². The second kappa shape index (κ2) is 8.02. The highest BCUT2D eigenvalue weighted by atomic mass is 32.2. The Hall–Kier alpha value is -1.61. The highest BCUT2D eigenvalue weighted by Gasteiger charge is 2.38. The number of rotatable bonds is 6. The molecule has 1 aromatic rings. The monoisotopic (exact) mass is 418 g/mol. The summed E-state index contributed by atoms with van der Waals surface area (Å²) in [5.74, 6) is -0.671. The Labute approximate surface area is 163 Å². The van der Waals surface area contributed by atoms with Gasteiger partial charge in [0.15, 0.2) is 0 Å². The summed E-state index contributed by atoms with van der Waals surface area (Å²) in [6, 6.07) is 4.60. The molecule has 156 valence electrons. The molecule has 1 aliphatic heterocycles. The van der Waals surface area contributed by atoms with E-state index >= 15 is 0 Å². The molecule has 1 saturated heterocycles. The van der Waals surface area contributed by atoms with Crippen molar-refractivity contribution in [3.63, 3.8) is 0 Å². The molecule has 1 amide bonds. The Morgan fingerprint density at radius 1 is 1.29 bits per heavy atom. The van der Waals surface area contributed by atoms with E-state index in [2.05, 4.69) is 5.32 Å². The second-order valence-electron chi connectivity index (χ2n) is 7.54. The summed E-state index contributed by atoms with van der Waals surface area (Å²) in [7, 11) is -3.37. The maximum absolute atomic E-state index is 13.0. The van der Waals surface area contributed by atoms with Gasteiger partial charge in [-0.05, 0) is 56.2 Å². The smallest absolute Gasteiger partial charge is 0.349 e. The molecule has 1 saturated carbocycles. The van der Waals surface area contributed by atoms with Crippen LogP contribution in [0.25, 0.3) is 0 Å². The number of nitrogens with one attached hydrogen (secondary N) is 1. The quantitative estimate of drug-likeness (QED) is 0.771. The Balaban J connectivity index is 1.74. The summed E-state index contributed by atoms with van der Waals surface area (Å²) in [5.41, 5.74) is -0.290. The molecule has 5 nitrogen and oxygen atoms in total. The fraction of sp³-hybridized carbons (Fsp3) is 0.632. The van der Waals surface area contributed by atoms with E-state index in [0.29, 0.717) is 24.9 Å². The summed E-state index contributed by atoms with van der Waals surface area (Å²) in [6.45, 7) is 2.09. The Bertz CT molecular complexity index is 822. The summed E-state index contributed by atoms with van der Waals surface area (Å²) in [4.78, 5) is 12.8. The van der Waals surface area contributed by atoms with Gasteiger partial charge in [-0.1, -0.05) is 12.1 Å². The molecule has 9 heteroatoms. The summed E-state index contributed by atoms with van der Waals surface area (Å²) in [6.07, 6.45) is -1.58. The van der Waals surface area contributed by atoms with Gasteiger partial charge in [0.05, 0.1) is 23.3 Å². The third-order valence-corrected chi connectivity index (χ3v) is 7.33. The fourth-order valence-corrected chi connectivity index (χ4v) is 4.85. The number of hydrogen-bond donors (Lipinski definition) is 1. The molecule has 2 aliphatic rings. The van der Waals surface area contributed by atoms with Crippen molar-refractivity contribution in [2.45, 2.75) is 44.8 Å². The van der Waals surface area contributed by atoms with Crippen LogP contribution in [0.4, 0.5) is 13.2 Å². The molecule has 28 heavy (non-hydrogen) atoms. The second-order valence-corrected chi connectivity index (χ2v) is 9.80. The summed E-state index contributed by atoms with van der Waals surface area (Å²) in [5, 5.41) is 2.91. The molecule has 2 atom stereocenters. The molecule has 1 aliphatic carbocycles. The van der Waals surface area contributed by atoms with Crippen molar-refractivity contribution in [2.75, 3.05) is 18.8 Å². The average Bonchev–Trinajstić information content (AvgIpc) is 3.50. The van der Waals surface area contributed by atoms with Crippen molar-refractivity contribution in [1.29, 1.82) is 0 Å². The molecule has 0 spiro atoms. The van der Waals surface area contributed by atoms with Crippen molar-refractivity contribution in [2.24, 2.45) is 11.8 Å². The van der Waals surface area contributed by atoms with Gasteiger partial charge in [0, 0.05) is 13.1 Å². The maximum atomic E-state index is 13.0. The number of alkyl halides is 3. The van der Waals surface area contributed by atoms with Gasteiger partial charge >= 0.3 is 6.18 Å². The predicted molar refractivity (Wildman–Crippen MR) is 98.8 cm³/mol. The molecule has 1 unspecified atom stereocenters. The first-order chi connectivity index (χ1) is 13.1. The van der Waals surface area contributed by atoms with Gasteiger partial charge in [0.2, 0.25) is 15.9 Å². The number of carbonyl (C=O) groups is 1. The number of piperidine rings is 1. The summed E-state index contributed by atoms with van der Waals surface area (Å²) >= 11 is 0. The number of sulfonamides is 1. The molecule has 1 N–H and O–H groups in total. The third-order valence-electron chi connectivity index (χ3n) is 5.48. The lowest BCUT2D eigenvalue weighted by atomic mass is 9.95. The zero-order chi connectivity index (χ0) is 20.5. The highest BCUT2D eigenvalue weighted by molar-refractivity contribution is 7.89. The lowest BCUT2D eigenvalue weighted by molar-refractivity contribution is -0.137. The number of hydrogen-bond acceptors (Lipinski definition) is 3. The minimum Gasteiger partial charge on any atom is -0.349 e. The van der Waals surface area contributed by atoms with E-state index in [1.807, 2.05) is 0 Å². The van der Waals surface area contributed by atoms with Gasteiger partial charge in [-0.25, -0.2) is 12.7 Å². The van der Waals surface area contributed by atoms with Gasteiger partial charge in [-0.15, -0.1) is 0 Å². The van der Waals surface area contributed by atoms with Crippen molar-refractivity contribution in [3.8, 4) is 0 Å². The first-order valence-electron chi connectivity index (χ1n) is 9.57. The zero-order valence-corrected chi connectivity index (χ0v) is 16.5. The Kier molecular flexibility index (Phi) is 6.05. The number of amides is 1. The van der Waals surface area contributed by atoms with Crippen LogP contribution in [0.1, 0.15) is 49.8 Å². The van der Waals surface area contributed by atoms with Gasteiger partial charge in [0.1, 0.15) is 0 Å². The topological polar surface area (TPSA) is 66.5 Å². The number of halogens is 3. The van der Waals surface area contributed by atoms with Gasteiger partial charge in [0.25, 0.3) is 0 Å². The first kappa shape index (κ1) is 21.1. The van der Waals surface area contributed by atoms with E-state index in [0.717, 1.165) is 25.0 Å². The van der Waals surface area contributed by atoms with E-state index in [-0.39, 0.29) is 24.1 Å². The predicted octanol–water partition coefficient (Wildman–Crippen LogP) is 3.33. The molecule has 3 rings (SSSR count). The highest BCUT2D eigenvalue weighted by Crippen LogP contribution is 2.42. The largest absolute Gasteiger partial charge is 0.416 e. The van der Waals surface area contributed by atoms with Crippen LogP contribution in [0.2, 0.25) is 0 Å². The molecule has 0 aromatic heterocycles. The van der Waals surface area contributed by atoms with E-state index < -0.39 is 33.7 Å². The lowest BCUT2D eigenvalue weighted by Crippen LogP contribution is -2.46. The van der Waals surface area contributed by atoms with Crippen LogP contribution in [0, 0.1) is 11.8 Å². The molecule has 2 fully saturated rings. The number of carbonyl (C=O) groups excluding carboxylic acids is 1. The van der Waals surface area contributed by atoms with Crippen LogP contribution in [0.5, 0.6) is 0 Å². The number of nitrogens with zero attached hydrogens (tertiary/aromatic N) is 1. The molecule has 0 bridgehead atoms. The summed E-state index contributed by atoms with van der Waals surface area (Å²) < 4.78 is 64.7. The van der Waals surface area contributed by atoms with E-state index in [1.54, 1.807) is 13.0 Å². The van der Waals surface area contributed by atoms with Crippen LogP contribution in [0.15, 0.2) is 24.3 Å². The van der Waals surface area contributed by atoms with Crippen LogP contribution < -0.4 is 5.32 Å². The normalized spacial score (nSPS) is 22.6. The minimum atomic E-state index is -4.44. The lowest BCUT2D eigenvalue weighted by Gasteiger charge is -2.32. The van der Waals surface area contributed by atoms with Crippen molar-refractivity contribution in [3.05, 3.63) is 35.4 Å². The molecular formula is C19H25F3N2O3S. The van der Waals surface area contributed by atoms with Crippen LogP contribution >= 0.6 is 0 Å². The minimum absolute atomic E-state index is 0.0176. The Morgan fingerprint density at radius 3 is 2.61 bits per heavy atom. The van der Waals surface area contributed by atoms with E-state index in [1.165, 1.54) is 10.4 Å².